The van der Waals surface area contributed by atoms with Crippen LogP contribution >= 0.6 is 24.4 Å². The van der Waals surface area contributed by atoms with E-state index in [0.717, 1.165) is 31.5 Å². The summed E-state index contributed by atoms with van der Waals surface area (Å²) in [7, 11) is 0. The van der Waals surface area contributed by atoms with Crippen LogP contribution in [0.1, 0.15) is 32.3 Å². The third-order valence-corrected chi connectivity index (χ3v) is 3.18. The maximum absolute atomic E-state index is 5.18. The van der Waals surface area contributed by atoms with Gasteiger partial charge in [-0.1, -0.05) is 32.4 Å². The molecule has 0 aliphatic carbocycles. The highest BCUT2D eigenvalue weighted by atomic mass is 32.1. The zero-order chi connectivity index (χ0) is 14.8. The van der Waals surface area contributed by atoms with Crippen LogP contribution in [-0.4, -0.2) is 16.8 Å². The molecule has 0 radical (unpaired) electrons. The summed E-state index contributed by atoms with van der Waals surface area (Å²) in [5.41, 5.74) is 7.95. The Morgan fingerprint density at radius 1 is 1.00 bits per heavy atom. The molecule has 0 aliphatic rings. The van der Waals surface area contributed by atoms with Crippen LogP contribution < -0.4 is 21.5 Å². The maximum atomic E-state index is 5.18. The van der Waals surface area contributed by atoms with Crippen LogP contribution in [0, 0.1) is 0 Å². The van der Waals surface area contributed by atoms with E-state index in [9.17, 15) is 0 Å². The number of hydrogen-bond donors (Lipinski definition) is 4. The average Bonchev–Trinajstić information content (AvgIpc) is 2.46. The molecule has 0 heterocycles. The first-order valence-corrected chi connectivity index (χ1v) is 7.67. The molecule has 0 amide bonds. The number of hydrazine groups is 1. The molecular weight excluding hydrogens is 288 g/mol. The maximum Gasteiger partial charge on any atom is 0.189 e. The van der Waals surface area contributed by atoms with Crippen molar-refractivity contribution in [3.05, 3.63) is 29.8 Å². The average molecular weight is 310 g/mol. The van der Waals surface area contributed by atoms with Crippen molar-refractivity contribution in [3.63, 3.8) is 0 Å². The molecule has 0 saturated carbocycles. The molecule has 4 nitrogen and oxygen atoms in total. The first-order chi connectivity index (χ1) is 9.65. The largest absolute Gasteiger partial charge is 0.361 e. The Morgan fingerprint density at radius 2 is 1.65 bits per heavy atom. The smallest absolute Gasteiger partial charge is 0.189 e. The van der Waals surface area contributed by atoms with Crippen molar-refractivity contribution in [1.29, 1.82) is 0 Å². The molecule has 0 aromatic heterocycles. The fraction of sp³-hybridized carbons (Fsp3) is 0.429. The highest BCUT2D eigenvalue weighted by Gasteiger charge is 1.99. The number of benzene rings is 1. The topological polar surface area (TPSA) is 48.1 Å². The third kappa shape index (κ3) is 6.68. The minimum atomic E-state index is 0.480. The van der Waals surface area contributed by atoms with Gasteiger partial charge in [0, 0.05) is 12.2 Å². The Bertz CT molecular complexity index is 431. The van der Waals surface area contributed by atoms with Crippen molar-refractivity contribution in [2.75, 3.05) is 11.9 Å². The van der Waals surface area contributed by atoms with Gasteiger partial charge in [-0.15, -0.1) is 0 Å². The zero-order valence-electron chi connectivity index (χ0n) is 12.0. The molecule has 0 saturated heterocycles. The highest BCUT2D eigenvalue weighted by Crippen LogP contribution is 2.09. The van der Waals surface area contributed by atoms with Gasteiger partial charge in [-0.2, -0.15) is 0 Å². The first kappa shape index (κ1) is 16.7. The molecule has 1 aromatic rings. The molecule has 0 spiro atoms. The SMILES string of the molecule is CCCCNC(=S)NNC(=S)Nc1ccc(CC)cc1. The van der Waals surface area contributed by atoms with Crippen LogP contribution in [0.4, 0.5) is 5.69 Å². The Labute approximate surface area is 131 Å². The third-order valence-electron chi connectivity index (χ3n) is 2.73. The van der Waals surface area contributed by atoms with Gasteiger partial charge in [0.1, 0.15) is 0 Å². The molecule has 20 heavy (non-hydrogen) atoms. The van der Waals surface area contributed by atoms with Crippen molar-refractivity contribution >= 4 is 40.3 Å². The first-order valence-electron chi connectivity index (χ1n) is 6.85. The highest BCUT2D eigenvalue weighted by molar-refractivity contribution is 7.80. The van der Waals surface area contributed by atoms with Gasteiger partial charge >= 0.3 is 0 Å². The number of anilines is 1. The van der Waals surface area contributed by atoms with Gasteiger partial charge in [0.15, 0.2) is 10.2 Å². The van der Waals surface area contributed by atoms with Gasteiger partial charge in [-0.3, -0.25) is 10.9 Å². The van der Waals surface area contributed by atoms with Gasteiger partial charge in [0.05, 0.1) is 0 Å². The van der Waals surface area contributed by atoms with Crippen LogP contribution in [-0.2, 0) is 6.42 Å². The van der Waals surface area contributed by atoms with Crippen molar-refractivity contribution in [1.82, 2.24) is 16.2 Å². The number of nitrogens with one attached hydrogen (secondary N) is 4. The quantitative estimate of drug-likeness (QED) is 0.381. The number of hydrogen-bond acceptors (Lipinski definition) is 2. The minimum Gasteiger partial charge on any atom is -0.361 e. The van der Waals surface area contributed by atoms with Crippen LogP contribution in [0.2, 0.25) is 0 Å². The molecule has 0 atom stereocenters. The second kappa shape index (κ2) is 9.50. The predicted molar refractivity (Wildman–Crippen MR) is 93.8 cm³/mol. The van der Waals surface area contributed by atoms with E-state index in [4.69, 9.17) is 24.4 Å². The zero-order valence-corrected chi connectivity index (χ0v) is 13.6. The van der Waals surface area contributed by atoms with Gasteiger partial charge in [-0.25, -0.2) is 0 Å². The van der Waals surface area contributed by atoms with Crippen LogP contribution in [0.25, 0.3) is 0 Å². The molecule has 1 rings (SSSR count). The van der Waals surface area contributed by atoms with E-state index in [2.05, 4.69) is 47.5 Å². The van der Waals surface area contributed by atoms with E-state index >= 15 is 0 Å². The van der Waals surface area contributed by atoms with Gasteiger partial charge in [0.25, 0.3) is 0 Å². The number of unbranched alkanes of at least 4 members (excludes halogenated alkanes) is 1. The van der Waals surface area contributed by atoms with E-state index in [1.807, 2.05) is 12.1 Å². The lowest BCUT2D eigenvalue weighted by molar-refractivity contribution is 0.732. The fourth-order valence-electron chi connectivity index (χ4n) is 1.52. The van der Waals surface area contributed by atoms with Crippen LogP contribution in [0.15, 0.2) is 24.3 Å². The molecule has 0 fully saturated rings. The fourth-order valence-corrected chi connectivity index (χ4v) is 1.84. The Morgan fingerprint density at radius 3 is 2.25 bits per heavy atom. The van der Waals surface area contributed by atoms with E-state index in [1.54, 1.807) is 0 Å². The molecule has 0 bridgehead atoms. The lowest BCUT2D eigenvalue weighted by Crippen LogP contribution is -2.48. The van der Waals surface area contributed by atoms with Crippen molar-refractivity contribution in [3.8, 4) is 0 Å². The predicted octanol–water partition coefficient (Wildman–Crippen LogP) is 2.71. The molecular formula is C14H22N4S2. The molecule has 4 N–H and O–H groups in total. The van der Waals surface area contributed by atoms with E-state index in [-0.39, 0.29) is 0 Å². The Balaban J connectivity index is 2.27. The van der Waals surface area contributed by atoms with Crippen molar-refractivity contribution in [2.24, 2.45) is 0 Å². The van der Waals surface area contributed by atoms with Gasteiger partial charge in [-0.05, 0) is 55.0 Å². The minimum absolute atomic E-state index is 0.480. The number of rotatable bonds is 5. The lowest BCUT2D eigenvalue weighted by atomic mass is 10.1. The summed E-state index contributed by atoms with van der Waals surface area (Å²) in [5.74, 6) is 0. The molecule has 1 aromatic carbocycles. The molecule has 110 valence electrons. The molecule has 0 aliphatic heterocycles. The second-order valence-electron chi connectivity index (χ2n) is 4.36. The number of aryl methyl sites for hydroxylation is 1. The second-order valence-corrected chi connectivity index (χ2v) is 5.18. The summed E-state index contributed by atoms with van der Waals surface area (Å²) in [6.45, 7) is 5.13. The molecule has 6 heteroatoms. The normalized spacial score (nSPS) is 9.70. The summed E-state index contributed by atoms with van der Waals surface area (Å²) in [4.78, 5) is 0. The Hall–Kier alpha value is -1.40. The van der Waals surface area contributed by atoms with E-state index in [1.165, 1.54) is 5.56 Å². The molecule has 0 unspecified atom stereocenters. The van der Waals surface area contributed by atoms with E-state index in [0.29, 0.717) is 10.2 Å². The van der Waals surface area contributed by atoms with E-state index < -0.39 is 0 Å². The summed E-state index contributed by atoms with van der Waals surface area (Å²) >= 11 is 10.3. The monoisotopic (exact) mass is 310 g/mol. The summed E-state index contributed by atoms with van der Waals surface area (Å²) in [6.07, 6.45) is 3.26. The lowest BCUT2D eigenvalue weighted by Gasteiger charge is -2.14. The number of thiocarbonyl (C=S) groups is 2. The standard InChI is InChI=1S/C14H22N4S2/c1-3-5-10-15-13(19)17-18-14(20)16-12-8-6-11(4-2)7-9-12/h6-9H,3-5,10H2,1-2H3,(H2,15,17,19)(H2,16,18,20). The van der Waals surface area contributed by atoms with Gasteiger partial charge < -0.3 is 10.6 Å². The van der Waals surface area contributed by atoms with Gasteiger partial charge in [0.2, 0.25) is 0 Å². The van der Waals surface area contributed by atoms with Crippen molar-refractivity contribution in [2.45, 2.75) is 33.1 Å². The summed E-state index contributed by atoms with van der Waals surface area (Å²) in [5, 5.41) is 7.20. The van der Waals surface area contributed by atoms with Crippen molar-refractivity contribution < 1.29 is 0 Å². The van der Waals surface area contributed by atoms with Crippen LogP contribution in [0.5, 0.6) is 0 Å². The Kier molecular flexibility index (Phi) is 7.91. The summed E-state index contributed by atoms with van der Waals surface area (Å²) in [6, 6.07) is 8.17. The summed E-state index contributed by atoms with van der Waals surface area (Å²) < 4.78 is 0. The van der Waals surface area contributed by atoms with Crippen LogP contribution in [0.3, 0.4) is 0 Å².